The third-order valence-corrected chi connectivity index (χ3v) is 4.45. The molecule has 0 spiro atoms. The molecule has 5 nitrogen and oxygen atoms in total. The number of amides is 2. The van der Waals surface area contributed by atoms with Gasteiger partial charge in [0.05, 0.1) is 0 Å². The second-order valence-electron chi connectivity index (χ2n) is 6.53. The Morgan fingerprint density at radius 2 is 2.04 bits per heavy atom. The van der Waals surface area contributed by atoms with Gasteiger partial charge in [0.15, 0.2) is 0 Å². The number of nitrogens with zero attached hydrogens (tertiary/aromatic N) is 3. The topological polar surface area (TPSA) is 48.5 Å². The smallest absolute Gasteiger partial charge is 0.317 e. The molecular weight excluding hydrogens is 288 g/mol. The Bertz CT molecular complexity index is 523. The summed E-state index contributed by atoms with van der Waals surface area (Å²) in [7, 11) is 1.81. The average molecular weight is 316 g/mol. The number of likely N-dealkylation sites (tertiary alicyclic amines) is 1. The van der Waals surface area contributed by atoms with Gasteiger partial charge in [0.1, 0.15) is 0 Å². The molecule has 23 heavy (non-hydrogen) atoms. The highest BCUT2D eigenvalue weighted by atomic mass is 16.2. The Kier molecular flexibility index (Phi) is 6.16. The van der Waals surface area contributed by atoms with Crippen molar-refractivity contribution in [3.63, 3.8) is 0 Å². The van der Waals surface area contributed by atoms with Crippen LogP contribution in [0, 0.1) is 0 Å². The van der Waals surface area contributed by atoms with Crippen molar-refractivity contribution in [2.24, 2.45) is 0 Å². The van der Waals surface area contributed by atoms with E-state index in [0.29, 0.717) is 12.6 Å². The number of urea groups is 1. The van der Waals surface area contributed by atoms with Crippen LogP contribution in [-0.2, 0) is 0 Å². The largest absolute Gasteiger partial charge is 0.335 e. The molecule has 1 aromatic heterocycles. The molecule has 5 heteroatoms. The molecule has 2 heterocycles. The van der Waals surface area contributed by atoms with Crippen molar-refractivity contribution in [1.82, 2.24) is 20.1 Å². The van der Waals surface area contributed by atoms with E-state index in [1.807, 2.05) is 26.4 Å². The fraction of sp³-hybridized carbons (Fsp3) is 0.556. The van der Waals surface area contributed by atoms with Gasteiger partial charge in [0.25, 0.3) is 0 Å². The maximum absolute atomic E-state index is 12.1. The average Bonchev–Trinajstić information content (AvgIpc) is 2.55. The Balaban J connectivity index is 1.80. The first kappa shape index (κ1) is 17.5. The molecule has 0 unspecified atom stereocenters. The highest BCUT2D eigenvalue weighted by Gasteiger charge is 2.25. The standard InChI is InChI=1S/C18H28N4O/c1-14(2)13-21(4)18(23)20-17-7-11-22(12-8-17)15(3)16-5-9-19-10-6-16/h5-6,9-10,15,17H,1,7-8,11-13H2,2-4H3,(H,20,23)/t15-/m1/s1. The van der Waals surface area contributed by atoms with Gasteiger partial charge in [-0.05, 0) is 44.4 Å². The van der Waals surface area contributed by atoms with Crippen LogP contribution in [0.3, 0.4) is 0 Å². The Hall–Kier alpha value is -1.88. The van der Waals surface area contributed by atoms with E-state index in [-0.39, 0.29) is 12.1 Å². The van der Waals surface area contributed by atoms with Crippen molar-refractivity contribution in [3.05, 3.63) is 42.2 Å². The van der Waals surface area contributed by atoms with Crippen molar-refractivity contribution in [1.29, 1.82) is 0 Å². The lowest BCUT2D eigenvalue weighted by molar-refractivity contribution is 0.148. The molecule has 0 aliphatic carbocycles. The lowest BCUT2D eigenvalue weighted by atomic mass is 10.0. The van der Waals surface area contributed by atoms with Crippen LogP contribution in [0.5, 0.6) is 0 Å². The highest BCUT2D eigenvalue weighted by Crippen LogP contribution is 2.23. The number of carbonyl (C=O) groups excluding carboxylic acids is 1. The first-order valence-electron chi connectivity index (χ1n) is 8.27. The van der Waals surface area contributed by atoms with Crippen molar-refractivity contribution in [2.75, 3.05) is 26.7 Å². The molecule has 1 N–H and O–H groups in total. The summed E-state index contributed by atoms with van der Waals surface area (Å²) in [4.78, 5) is 20.4. The van der Waals surface area contributed by atoms with Gasteiger partial charge in [-0.3, -0.25) is 9.88 Å². The second-order valence-corrected chi connectivity index (χ2v) is 6.53. The van der Waals surface area contributed by atoms with E-state index < -0.39 is 0 Å². The zero-order valence-electron chi connectivity index (χ0n) is 14.5. The molecular formula is C18H28N4O. The van der Waals surface area contributed by atoms with Gasteiger partial charge in [-0.25, -0.2) is 4.79 Å². The minimum absolute atomic E-state index is 0.00590. The first-order chi connectivity index (χ1) is 11.0. The van der Waals surface area contributed by atoms with Crippen LogP contribution in [0.15, 0.2) is 36.7 Å². The van der Waals surface area contributed by atoms with E-state index in [1.165, 1.54) is 5.56 Å². The van der Waals surface area contributed by atoms with Crippen LogP contribution in [-0.4, -0.2) is 53.5 Å². The van der Waals surface area contributed by atoms with E-state index in [1.54, 1.807) is 4.90 Å². The maximum Gasteiger partial charge on any atom is 0.317 e. The van der Waals surface area contributed by atoms with Crippen LogP contribution in [0.2, 0.25) is 0 Å². The summed E-state index contributed by atoms with van der Waals surface area (Å²) in [6, 6.07) is 4.79. The van der Waals surface area contributed by atoms with Crippen LogP contribution in [0.1, 0.15) is 38.3 Å². The van der Waals surface area contributed by atoms with Crippen molar-refractivity contribution < 1.29 is 4.79 Å². The molecule has 2 rings (SSSR count). The van der Waals surface area contributed by atoms with E-state index in [0.717, 1.165) is 31.5 Å². The van der Waals surface area contributed by atoms with E-state index in [9.17, 15) is 4.79 Å². The summed E-state index contributed by atoms with van der Waals surface area (Å²) in [5, 5.41) is 3.13. The molecule has 1 fully saturated rings. The zero-order valence-corrected chi connectivity index (χ0v) is 14.5. The zero-order chi connectivity index (χ0) is 16.8. The van der Waals surface area contributed by atoms with Crippen LogP contribution >= 0.6 is 0 Å². The van der Waals surface area contributed by atoms with Crippen LogP contribution in [0.4, 0.5) is 4.79 Å². The molecule has 1 atom stereocenters. The van der Waals surface area contributed by atoms with Gasteiger partial charge in [-0.15, -0.1) is 0 Å². The number of pyridine rings is 1. The fourth-order valence-corrected chi connectivity index (χ4v) is 3.05. The van der Waals surface area contributed by atoms with E-state index in [2.05, 4.69) is 40.8 Å². The minimum atomic E-state index is -0.00590. The molecule has 2 amide bonds. The van der Waals surface area contributed by atoms with Crippen LogP contribution in [0.25, 0.3) is 0 Å². The molecule has 1 aromatic rings. The Morgan fingerprint density at radius 1 is 1.43 bits per heavy atom. The molecule has 0 aromatic carbocycles. The fourth-order valence-electron chi connectivity index (χ4n) is 3.05. The number of hydrogen-bond donors (Lipinski definition) is 1. The van der Waals surface area contributed by atoms with Gasteiger partial charge in [-0.1, -0.05) is 12.2 Å². The molecule has 1 aliphatic rings. The van der Waals surface area contributed by atoms with Gasteiger partial charge in [0, 0.05) is 51.2 Å². The van der Waals surface area contributed by atoms with Crippen molar-refractivity contribution in [2.45, 2.75) is 38.8 Å². The minimum Gasteiger partial charge on any atom is -0.335 e. The Labute approximate surface area is 139 Å². The summed E-state index contributed by atoms with van der Waals surface area (Å²) in [5.74, 6) is 0. The van der Waals surface area contributed by atoms with Crippen molar-refractivity contribution in [3.8, 4) is 0 Å². The highest BCUT2D eigenvalue weighted by molar-refractivity contribution is 5.74. The predicted octanol–water partition coefficient (Wildman–Crippen LogP) is 2.82. The summed E-state index contributed by atoms with van der Waals surface area (Å²) in [5.41, 5.74) is 2.28. The summed E-state index contributed by atoms with van der Waals surface area (Å²) >= 11 is 0. The number of hydrogen-bond acceptors (Lipinski definition) is 3. The number of piperidine rings is 1. The number of likely N-dealkylation sites (N-methyl/N-ethyl adjacent to an activating group) is 1. The molecule has 0 saturated carbocycles. The lowest BCUT2D eigenvalue weighted by Crippen LogP contribution is -2.48. The van der Waals surface area contributed by atoms with Crippen LogP contribution < -0.4 is 5.32 Å². The summed E-state index contributed by atoms with van der Waals surface area (Å²) < 4.78 is 0. The number of aromatic nitrogens is 1. The van der Waals surface area contributed by atoms with Gasteiger partial charge >= 0.3 is 6.03 Å². The quantitative estimate of drug-likeness (QED) is 0.850. The number of rotatable bonds is 5. The van der Waals surface area contributed by atoms with Gasteiger partial charge < -0.3 is 10.2 Å². The molecule has 1 saturated heterocycles. The Morgan fingerprint density at radius 3 is 2.61 bits per heavy atom. The SMILES string of the molecule is C=C(C)CN(C)C(=O)NC1CCN([C@H](C)c2ccncc2)CC1. The molecule has 126 valence electrons. The monoisotopic (exact) mass is 316 g/mol. The lowest BCUT2D eigenvalue weighted by Gasteiger charge is -2.37. The van der Waals surface area contributed by atoms with Gasteiger partial charge in [0.2, 0.25) is 0 Å². The third-order valence-electron chi connectivity index (χ3n) is 4.45. The third kappa shape index (κ3) is 5.06. The first-order valence-corrected chi connectivity index (χ1v) is 8.27. The summed E-state index contributed by atoms with van der Waals surface area (Å²) in [6.45, 7) is 10.6. The van der Waals surface area contributed by atoms with E-state index in [4.69, 9.17) is 0 Å². The maximum atomic E-state index is 12.1. The van der Waals surface area contributed by atoms with E-state index >= 15 is 0 Å². The predicted molar refractivity (Wildman–Crippen MR) is 93.2 cm³/mol. The van der Waals surface area contributed by atoms with Gasteiger partial charge in [-0.2, -0.15) is 0 Å². The summed E-state index contributed by atoms with van der Waals surface area (Å²) in [6.07, 6.45) is 5.66. The molecule has 1 aliphatic heterocycles. The molecule has 0 bridgehead atoms. The normalized spacial score (nSPS) is 17.5. The number of nitrogens with one attached hydrogen (secondary N) is 1. The van der Waals surface area contributed by atoms with Crippen molar-refractivity contribution >= 4 is 6.03 Å². The second kappa shape index (κ2) is 8.11. The molecule has 0 radical (unpaired) electrons. The number of carbonyl (C=O) groups is 1.